The first-order chi connectivity index (χ1) is 12.9. The molecule has 0 aliphatic carbocycles. The van der Waals surface area contributed by atoms with Crippen molar-refractivity contribution < 1.29 is 23.8 Å². The number of halogens is 1. The first-order valence-electron chi connectivity index (χ1n) is 8.07. The highest BCUT2D eigenvalue weighted by molar-refractivity contribution is 6.30. The number of rotatable bonds is 4. The number of hydrazone groups is 1. The Morgan fingerprint density at radius 2 is 1.85 bits per heavy atom. The molecule has 0 saturated heterocycles. The van der Waals surface area contributed by atoms with Crippen LogP contribution in [-0.4, -0.2) is 29.9 Å². The largest absolute Gasteiger partial charge is 0.493 e. The highest BCUT2D eigenvalue weighted by Gasteiger charge is 2.34. The second-order valence-corrected chi connectivity index (χ2v) is 6.16. The fourth-order valence-corrected chi connectivity index (χ4v) is 2.74. The topological polar surface area (TPSA) is 77.4 Å². The molecule has 0 unspecified atom stereocenters. The van der Waals surface area contributed by atoms with Crippen LogP contribution in [0.1, 0.15) is 31.2 Å². The van der Waals surface area contributed by atoms with E-state index in [4.69, 9.17) is 25.8 Å². The van der Waals surface area contributed by atoms with Crippen LogP contribution in [0.4, 0.5) is 0 Å². The Morgan fingerprint density at radius 3 is 2.44 bits per heavy atom. The average Bonchev–Trinajstić information content (AvgIpc) is 3.07. The van der Waals surface area contributed by atoms with Gasteiger partial charge in [-0.1, -0.05) is 29.8 Å². The number of ether oxygens (including phenoxy) is 3. The van der Waals surface area contributed by atoms with E-state index in [0.29, 0.717) is 21.9 Å². The lowest BCUT2D eigenvalue weighted by molar-refractivity contribution is -0.135. The van der Waals surface area contributed by atoms with Crippen LogP contribution in [0, 0.1) is 0 Å². The minimum atomic E-state index is -0.758. The molecule has 3 rings (SSSR count). The van der Waals surface area contributed by atoms with Gasteiger partial charge in [-0.15, -0.1) is 5.10 Å². The number of para-hydroxylation sites is 1. The molecule has 0 fully saturated rings. The lowest BCUT2D eigenvalue weighted by Gasteiger charge is -2.19. The van der Waals surface area contributed by atoms with Gasteiger partial charge in [-0.3, -0.25) is 9.59 Å². The van der Waals surface area contributed by atoms with Crippen molar-refractivity contribution in [2.24, 2.45) is 5.10 Å². The van der Waals surface area contributed by atoms with E-state index in [1.165, 1.54) is 26.0 Å². The molecule has 2 aromatic rings. The average molecular weight is 389 g/mol. The van der Waals surface area contributed by atoms with Gasteiger partial charge in [-0.05, 0) is 24.3 Å². The first-order valence-corrected chi connectivity index (χ1v) is 8.45. The third-order valence-electron chi connectivity index (χ3n) is 3.80. The lowest BCUT2D eigenvalue weighted by atomic mass is 10.1. The van der Waals surface area contributed by atoms with E-state index in [0.717, 1.165) is 0 Å². The molecule has 8 heteroatoms. The molecule has 0 N–H and O–H groups in total. The van der Waals surface area contributed by atoms with Gasteiger partial charge in [0, 0.05) is 24.4 Å². The molecule has 2 aromatic carbocycles. The fourth-order valence-electron chi connectivity index (χ4n) is 2.61. The standard InChI is InChI=1S/C19H17ClN2O5/c1-11(23)22-19(13-7-9-14(20)10-8-13)27-18(21-22)15-5-4-6-16(25-3)17(15)26-12(2)24/h4-10,19H,1-3H3/t19-/m1/s1. The van der Waals surface area contributed by atoms with Gasteiger partial charge in [0.2, 0.25) is 18.0 Å². The Labute approximate surface area is 161 Å². The second kappa shape index (κ2) is 7.67. The van der Waals surface area contributed by atoms with Gasteiger partial charge in [0.1, 0.15) is 0 Å². The molecule has 0 spiro atoms. The molecule has 0 radical (unpaired) electrons. The number of nitrogens with zero attached hydrogens (tertiary/aromatic N) is 2. The minimum Gasteiger partial charge on any atom is -0.493 e. The molecule has 1 heterocycles. The van der Waals surface area contributed by atoms with Gasteiger partial charge in [-0.2, -0.15) is 5.01 Å². The number of esters is 1. The molecule has 27 heavy (non-hydrogen) atoms. The van der Waals surface area contributed by atoms with Crippen LogP contribution in [0.25, 0.3) is 0 Å². The van der Waals surface area contributed by atoms with Crippen LogP contribution in [0.15, 0.2) is 47.6 Å². The van der Waals surface area contributed by atoms with E-state index in [2.05, 4.69) is 5.10 Å². The summed E-state index contributed by atoms with van der Waals surface area (Å²) in [5, 5.41) is 6.06. The van der Waals surface area contributed by atoms with Crippen molar-refractivity contribution >= 4 is 29.4 Å². The summed E-state index contributed by atoms with van der Waals surface area (Å²) in [5.74, 6) is -0.163. The zero-order valence-electron chi connectivity index (χ0n) is 14.9. The monoisotopic (exact) mass is 388 g/mol. The Morgan fingerprint density at radius 1 is 1.15 bits per heavy atom. The molecule has 0 saturated carbocycles. The van der Waals surface area contributed by atoms with Crippen molar-refractivity contribution in [2.75, 3.05) is 7.11 Å². The summed E-state index contributed by atoms with van der Waals surface area (Å²) in [5.41, 5.74) is 1.09. The molecule has 0 bridgehead atoms. The maximum Gasteiger partial charge on any atom is 0.308 e. The van der Waals surface area contributed by atoms with E-state index >= 15 is 0 Å². The predicted octanol–water partition coefficient (Wildman–Crippen LogP) is 3.51. The van der Waals surface area contributed by atoms with Crippen molar-refractivity contribution in [3.8, 4) is 11.5 Å². The number of carbonyl (C=O) groups excluding carboxylic acids is 2. The molecule has 140 valence electrons. The number of hydrogen-bond acceptors (Lipinski definition) is 6. The van der Waals surface area contributed by atoms with Crippen LogP contribution in [0.3, 0.4) is 0 Å². The normalized spacial score (nSPS) is 15.8. The molecule has 1 atom stereocenters. The maximum absolute atomic E-state index is 12.1. The minimum absolute atomic E-state index is 0.139. The second-order valence-electron chi connectivity index (χ2n) is 5.72. The predicted molar refractivity (Wildman–Crippen MR) is 98.6 cm³/mol. The summed E-state index contributed by atoms with van der Waals surface area (Å²) in [6.45, 7) is 2.67. The van der Waals surface area contributed by atoms with Crippen LogP contribution in [-0.2, 0) is 14.3 Å². The zero-order valence-corrected chi connectivity index (χ0v) is 15.7. The third-order valence-corrected chi connectivity index (χ3v) is 4.05. The number of amides is 1. The molecule has 1 amide bonds. The Balaban J connectivity index is 2.02. The molecule has 1 aliphatic rings. The number of benzene rings is 2. The van der Waals surface area contributed by atoms with Crippen LogP contribution in [0.2, 0.25) is 5.02 Å². The summed E-state index contributed by atoms with van der Waals surface area (Å²) >= 11 is 5.93. The van der Waals surface area contributed by atoms with Crippen molar-refractivity contribution in [1.82, 2.24) is 5.01 Å². The van der Waals surface area contributed by atoms with Gasteiger partial charge in [0.15, 0.2) is 11.5 Å². The Kier molecular flexibility index (Phi) is 5.32. The third kappa shape index (κ3) is 3.88. The van der Waals surface area contributed by atoms with Gasteiger partial charge in [0.05, 0.1) is 12.7 Å². The van der Waals surface area contributed by atoms with Gasteiger partial charge < -0.3 is 14.2 Å². The van der Waals surface area contributed by atoms with Crippen molar-refractivity contribution in [1.29, 1.82) is 0 Å². The van der Waals surface area contributed by atoms with Gasteiger partial charge >= 0.3 is 5.97 Å². The van der Waals surface area contributed by atoms with E-state index in [1.807, 2.05) is 0 Å². The van der Waals surface area contributed by atoms with Crippen LogP contribution < -0.4 is 9.47 Å². The first kappa shape index (κ1) is 18.7. The summed E-state index contributed by atoms with van der Waals surface area (Å²) in [7, 11) is 1.46. The number of methoxy groups -OCH3 is 1. The lowest BCUT2D eigenvalue weighted by Crippen LogP contribution is -2.25. The van der Waals surface area contributed by atoms with E-state index in [1.54, 1.807) is 42.5 Å². The highest BCUT2D eigenvalue weighted by Crippen LogP contribution is 2.37. The van der Waals surface area contributed by atoms with Crippen LogP contribution >= 0.6 is 11.6 Å². The molecule has 1 aliphatic heterocycles. The van der Waals surface area contributed by atoms with Crippen LogP contribution in [0.5, 0.6) is 11.5 Å². The summed E-state index contributed by atoms with van der Waals surface area (Å²) < 4.78 is 16.5. The van der Waals surface area contributed by atoms with Crippen molar-refractivity contribution in [2.45, 2.75) is 20.1 Å². The number of carbonyl (C=O) groups is 2. The molecule has 7 nitrogen and oxygen atoms in total. The van der Waals surface area contributed by atoms with Gasteiger partial charge in [-0.25, -0.2) is 0 Å². The summed E-state index contributed by atoms with van der Waals surface area (Å²) in [4.78, 5) is 23.6. The quantitative estimate of drug-likeness (QED) is 0.591. The number of hydrogen-bond donors (Lipinski definition) is 0. The molecular weight excluding hydrogens is 372 g/mol. The fraction of sp³-hybridized carbons (Fsp3) is 0.211. The smallest absolute Gasteiger partial charge is 0.308 e. The molecule has 0 aromatic heterocycles. The van der Waals surface area contributed by atoms with Crippen molar-refractivity contribution in [3.05, 3.63) is 58.6 Å². The van der Waals surface area contributed by atoms with E-state index in [9.17, 15) is 9.59 Å². The zero-order chi connectivity index (χ0) is 19.6. The van der Waals surface area contributed by atoms with Gasteiger partial charge in [0.25, 0.3) is 0 Å². The maximum atomic E-state index is 12.1. The van der Waals surface area contributed by atoms with E-state index < -0.39 is 12.2 Å². The summed E-state index contributed by atoms with van der Waals surface area (Å²) in [6, 6.07) is 11.9. The van der Waals surface area contributed by atoms with Crippen molar-refractivity contribution in [3.63, 3.8) is 0 Å². The Hall–Kier alpha value is -3.06. The summed E-state index contributed by atoms with van der Waals surface area (Å²) in [6.07, 6.45) is -0.758. The van der Waals surface area contributed by atoms with E-state index in [-0.39, 0.29) is 17.6 Å². The molecular formula is C19H17ClN2O5. The Bertz CT molecular complexity index is 911. The highest BCUT2D eigenvalue weighted by atomic mass is 35.5. The SMILES string of the molecule is COc1cccc(C2=NN(C(C)=O)[C@@H](c3ccc(Cl)cc3)O2)c1OC(C)=O.